The van der Waals surface area contributed by atoms with E-state index in [1.165, 1.54) is 5.56 Å². The zero-order valence-electron chi connectivity index (χ0n) is 8.57. The third-order valence-electron chi connectivity index (χ3n) is 2.36. The summed E-state index contributed by atoms with van der Waals surface area (Å²) in [5.41, 5.74) is 1.26. The molecule has 0 aliphatic carbocycles. The van der Waals surface area contributed by atoms with Gasteiger partial charge in [0.25, 0.3) is 0 Å². The van der Waals surface area contributed by atoms with E-state index in [4.69, 9.17) is 5.11 Å². The van der Waals surface area contributed by atoms with Crippen LogP contribution in [-0.4, -0.2) is 29.7 Å². The van der Waals surface area contributed by atoms with Crippen LogP contribution in [-0.2, 0) is 6.54 Å². The Bertz CT molecular complexity index is 273. The predicted octanol–water partition coefficient (Wildman–Crippen LogP) is 2.26. The molecule has 0 aliphatic rings. The molecule has 0 heterocycles. The number of hydrogen-bond donors (Lipinski definition) is 1. The van der Waals surface area contributed by atoms with Crippen LogP contribution in [0.4, 0.5) is 0 Å². The molecule has 1 rings (SSSR count). The number of likely N-dealkylation sites (N-methyl/N-ethyl adjacent to an activating group) is 1. The number of benzene rings is 1. The van der Waals surface area contributed by atoms with Gasteiger partial charge in [-0.25, -0.2) is 0 Å². The number of nitrogens with zero attached hydrogens (tertiary/aromatic N) is 1. The largest absolute Gasteiger partial charge is 0.395 e. The van der Waals surface area contributed by atoms with Crippen molar-refractivity contribution in [1.29, 1.82) is 0 Å². The minimum Gasteiger partial charge on any atom is -0.395 e. The van der Waals surface area contributed by atoms with Crippen molar-refractivity contribution in [3.63, 3.8) is 0 Å². The average molecular weight is 258 g/mol. The molecule has 1 aromatic rings. The van der Waals surface area contributed by atoms with Crippen molar-refractivity contribution >= 4 is 15.9 Å². The Morgan fingerprint density at radius 3 is 2.43 bits per heavy atom. The monoisotopic (exact) mass is 257 g/mol. The van der Waals surface area contributed by atoms with Gasteiger partial charge >= 0.3 is 0 Å². The van der Waals surface area contributed by atoms with E-state index in [2.05, 4.69) is 33.0 Å². The number of halogens is 1. The highest BCUT2D eigenvalue weighted by Crippen LogP contribution is 2.12. The molecule has 0 amide bonds. The molecule has 0 aliphatic heterocycles. The lowest BCUT2D eigenvalue weighted by molar-refractivity contribution is 0.154. The number of hydrogen-bond acceptors (Lipinski definition) is 2. The highest BCUT2D eigenvalue weighted by atomic mass is 79.9. The van der Waals surface area contributed by atoms with Crippen LogP contribution < -0.4 is 0 Å². The van der Waals surface area contributed by atoms with Crippen molar-refractivity contribution in [3.8, 4) is 0 Å². The second kappa shape index (κ2) is 5.49. The first-order chi connectivity index (χ1) is 6.63. The van der Waals surface area contributed by atoms with Gasteiger partial charge in [-0.05, 0) is 31.7 Å². The Labute approximate surface area is 93.7 Å². The highest BCUT2D eigenvalue weighted by molar-refractivity contribution is 9.10. The molecule has 0 spiro atoms. The van der Waals surface area contributed by atoms with Crippen molar-refractivity contribution in [1.82, 2.24) is 4.90 Å². The van der Waals surface area contributed by atoms with Crippen LogP contribution in [0.15, 0.2) is 28.7 Å². The molecule has 0 bridgehead atoms. The van der Waals surface area contributed by atoms with Crippen LogP contribution in [0.3, 0.4) is 0 Å². The highest BCUT2D eigenvalue weighted by Gasteiger charge is 2.07. The van der Waals surface area contributed by atoms with Crippen LogP contribution in [0.5, 0.6) is 0 Å². The van der Waals surface area contributed by atoms with E-state index in [0.29, 0.717) is 0 Å². The second-order valence-electron chi connectivity index (χ2n) is 3.57. The Kier molecular flexibility index (Phi) is 4.58. The summed E-state index contributed by atoms with van der Waals surface area (Å²) in [5, 5.41) is 8.98. The van der Waals surface area contributed by atoms with E-state index in [1.807, 2.05) is 26.1 Å². The summed E-state index contributed by atoms with van der Waals surface area (Å²) in [6, 6.07) is 8.45. The summed E-state index contributed by atoms with van der Waals surface area (Å²) >= 11 is 3.40. The smallest absolute Gasteiger partial charge is 0.0584 e. The van der Waals surface area contributed by atoms with E-state index in [-0.39, 0.29) is 12.6 Å². The number of rotatable bonds is 4. The SMILES string of the molecule is CC(CO)N(C)Cc1ccc(Br)cc1. The van der Waals surface area contributed by atoms with Crippen LogP contribution in [0, 0.1) is 0 Å². The van der Waals surface area contributed by atoms with Gasteiger partial charge in [0.2, 0.25) is 0 Å². The molecule has 1 N–H and O–H groups in total. The predicted molar refractivity (Wildman–Crippen MR) is 62.2 cm³/mol. The Hall–Kier alpha value is -0.380. The number of aliphatic hydroxyl groups is 1. The van der Waals surface area contributed by atoms with Gasteiger partial charge in [-0.2, -0.15) is 0 Å². The molecular weight excluding hydrogens is 242 g/mol. The first-order valence-electron chi connectivity index (χ1n) is 4.69. The lowest BCUT2D eigenvalue weighted by atomic mass is 10.2. The van der Waals surface area contributed by atoms with E-state index in [1.54, 1.807) is 0 Å². The van der Waals surface area contributed by atoms with E-state index in [9.17, 15) is 0 Å². The molecule has 1 atom stereocenters. The zero-order chi connectivity index (χ0) is 10.6. The zero-order valence-corrected chi connectivity index (χ0v) is 10.2. The Balaban J connectivity index is 2.56. The van der Waals surface area contributed by atoms with Gasteiger partial charge < -0.3 is 5.11 Å². The fraction of sp³-hybridized carbons (Fsp3) is 0.455. The standard InChI is InChI=1S/C11H16BrNO/c1-9(8-14)13(2)7-10-3-5-11(12)6-4-10/h3-6,9,14H,7-8H2,1-2H3. The first kappa shape index (κ1) is 11.7. The number of aliphatic hydroxyl groups excluding tert-OH is 1. The van der Waals surface area contributed by atoms with Crippen LogP contribution in [0.2, 0.25) is 0 Å². The van der Waals surface area contributed by atoms with Crippen LogP contribution >= 0.6 is 15.9 Å². The molecule has 0 fully saturated rings. The molecule has 0 saturated carbocycles. The molecule has 1 aromatic carbocycles. The molecule has 0 radical (unpaired) electrons. The molecular formula is C11H16BrNO. The minimum atomic E-state index is 0.201. The maximum Gasteiger partial charge on any atom is 0.0584 e. The Morgan fingerprint density at radius 2 is 1.93 bits per heavy atom. The maximum absolute atomic E-state index is 8.98. The minimum absolute atomic E-state index is 0.201. The van der Waals surface area contributed by atoms with Gasteiger partial charge in [-0.1, -0.05) is 28.1 Å². The molecule has 3 heteroatoms. The van der Waals surface area contributed by atoms with Gasteiger partial charge in [-0.3, -0.25) is 4.90 Å². The van der Waals surface area contributed by atoms with Crippen LogP contribution in [0.25, 0.3) is 0 Å². The first-order valence-corrected chi connectivity index (χ1v) is 5.48. The second-order valence-corrected chi connectivity index (χ2v) is 4.49. The molecule has 14 heavy (non-hydrogen) atoms. The summed E-state index contributed by atoms with van der Waals surface area (Å²) in [4.78, 5) is 2.13. The van der Waals surface area contributed by atoms with Gasteiger partial charge in [-0.15, -0.1) is 0 Å². The van der Waals surface area contributed by atoms with Crippen molar-refractivity contribution in [2.75, 3.05) is 13.7 Å². The normalized spacial score (nSPS) is 13.2. The summed E-state index contributed by atoms with van der Waals surface area (Å²) in [5.74, 6) is 0. The van der Waals surface area contributed by atoms with Crippen LogP contribution in [0.1, 0.15) is 12.5 Å². The summed E-state index contributed by atoms with van der Waals surface area (Å²) in [6.07, 6.45) is 0. The van der Waals surface area contributed by atoms with Gasteiger partial charge in [0, 0.05) is 17.1 Å². The summed E-state index contributed by atoms with van der Waals surface area (Å²) < 4.78 is 1.10. The van der Waals surface area contributed by atoms with Crippen molar-refractivity contribution < 1.29 is 5.11 Å². The summed E-state index contributed by atoms with van der Waals surface area (Å²) in [6.45, 7) is 3.08. The molecule has 2 nitrogen and oxygen atoms in total. The third-order valence-corrected chi connectivity index (χ3v) is 2.89. The average Bonchev–Trinajstić information content (AvgIpc) is 2.20. The van der Waals surface area contributed by atoms with Gasteiger partial charge in [0.15, 0.2) is 0 Å². The van der Waals surface area contributed by atoms with Crippen molar-refractivity contribution in [3.05, 3.63) is 34.3 Å². The lowest BCUT2D eigenvalue weighted by Gasteiger charge is -2.22. The molecule has 1 unspecified atom stereocenters. The van der Waals surface area contributed by atoms with E-state index in [0.717, 1.165) is 11.0 Å². The molecule has 0 aromatic heterocycles. The van der Waals surface area contributed by atoms with Gasteiger partial charge in [0.1, 0.15) is 0 Å². The molecule has 0 saturated heterocycles. The Morgan fingerprint density at radius 1 is 1.36 bits per heavy atom. The van der Waals surface area contributed by atoms with Crippen molar-refractivity contribution in [2.45, 2.75) is 19.5 Å². The molecule has 78 valence electrons. The van der Waals surface area contributed by atoms with Gasteiger partial charge in [0.05, 0.1) is 6.61 Å². The lowest BCUT2D eigenvalue weighted by Crippen LogP contribution is -2.31. The summed E-state index contributed by atoms with van der Waals surface area (Å²) in [7, 11) is 2.02. The quantitative estimate of drug-likeness (QED) is 0.895. The fourth-order valence-electron chi connectivity index (χ4n) is 1.17. The van der Waals surface area contributed by atoms with E-state index < -0.39 is 0 Å². The fourth-order valence-corrected chi connectivity index (χ4v) is 1.44. The van der Waals surface area contributed by atoms with Crippen molar-refractivity contribution in [2.24, 2.45) is 0 Å². The topological polar surface area (TPSA) is 23.5 Å². The maximum atomic E-state index is 8.98. The van der Waals surface area contributed by atoms with E-state index >= 15 is 0 Å². The third kappa shape index (κ3) is 3.40.